The third kappa shape index (κ3) is 7.81. The van der Waals surface area contributed by atoms with Gasteiger partial charge in [0.1, 0.15) is 23.8 Å². The Morgan fingerprint density at radius 3 is 2.58 bits per heavy atom. The minimum Gasteiger partial charge on any atom is -0.457 e. The van der Waals surface area contributed by atoms with Gasteiger partial charge < -0.3 is 14.3 Å². The fourth-order valence-electron chi connectivity index (χ4n) is 4.06. The van der Waals surface area contributed by atoms with E-state index in [2.05, 4.69) is 11.1 Å². The van der Waals surface area contributed by atoms with E-state index in [0.29, 0.717) is 24.4 Å². The standard InChI is InChI=1S/C27H39NO5/c1-17-9-8-10-18(2)25(30)20(4)26(31)27(6,7)14-13-24(29)33-23(12-11-17)19(3)15-22-16-32-21(5)28-22/h8,10-11,15-16,18,20,23,25,30H,9,12-14H2,1-7H3/b10-8+,17-11-,19-15+. The lowest BCUT2D eigenvalue weighted by Gasteiger charge is -2.30. The van der Waals surface area contributed by atoms with Crippen LogP contribution in [0.25, 0.3) is 6.08 Å². The number of oxazole rings is 1. The number of allylic oxidation sites excluding steroid dienone is 2. The van der Waals surface area contributed by atoms with Crippen molar-refractivity contribution in [3.63, 3.8) is 0 Å². The summed E-state index contributed by atoms with van der Waals surface area (Å²) in [5, 5.41) is 10.7. The van der Waals surface area contributed by atoms with Crippen LogP contribution in [0, 0.1) is 24.2 Å². The molecule has 1 aromatic rings. The lowest BCUT2D eigenvalue weighted by atomic mass is 9.75. The number of ketones is 1. The number of rotatable bonds is 2. The molecule has 1 N–H and O–H groups in total. The van der Waals surface area contributed by atoms with Crippen LogP contribution in [0.3, 0.4) is 0 Å². The molecule has 33 heavy (non-hydrogen) atoms. The van der Waals surface area contributed by atoms with Crippen LogP contribution in [0.1, 0.15) is 78.8 Å². The van der Waals surface area contributed by atoms with Gasteiger partial charge in [0.25, 0.3) is 0 Å². The normalized spacial score (nSPS) is 30.9. The Morgan fingerprint density at radius 1 is 1.24 bits per heavy atom. The Balaban J connectivity index is 2.31. The van der Waals surface area contributed by atoms with E-state index < -0.39 is 23.5 Å². The van der Waals surface area contributed by atoms with Gasteiger partial charge in [0.15, 0.2) is 5.89 Å². The van der Waals surface area contributed by atoms with Crippen LogP contribution in [0.15, 0.2) is 40.1 Å². The maximum absolute atomic E-state index is 13.1. The molecule has 6 nitrogen and oxygen atoms in total. The molecule has 2 rings (SSSR count). The largest absolute Gasteiger partial charge is 0.457 e. The van der Waals surface area contributed by atoms with Crippen LogP contribution in [-0.4, -0.2) is 34.1 Å². The van der Waals surface area contributed by atoms with Gasteiger partial charge in [-0.1, -0.05) is 51.5 Å². The molecular weight excluding hydrogens is 418 g/mol. The first-order chi connectivity index (χ1) is 15.4. The molecule has 0 spiro atoms. The van der Waals surface area contributed by atoms with Gasteiger partial charge in [0.05, 0.1) is 6.10 Å². The van der Waals surface area contributed by atoms with Crippen molar-refractivity contribution in [2.75, 3.05) is 0 Å². The zero-order valence-electron chi connectivity index (χ0n) is 21.1. The maximum Gasteiger partial charge on any atom is 0.306 e. The van der Waals surface area contributed by atoms with Crippen molar-refractivity contribution in [2.45, 2.75) is 86.4 Å². The monoisotopic (exact) mass is 457 g/mol. The first-order valence-corrected chi connectivity index (χ1v) is 11.7. The number of aromatic nitrogens is 1. The molecule has 0 saturated carbocycles. The summed E-state index contributed by atoms with van der Waals surface area (Å²) in [7, 11) is 0. The molecule has 0 fully saturated rings. The first-order valence-electron chi connectivity index (χ1n) is 11.7. The highest BCUT2D eigenvalue weighted by Crippen LogP contribution is 2.31. The number of aryl methyl sites for hydroxylation is 1. The van der Waals surface area contributed by atoms with Crippen molar-refractivity contribution >= 4 is 17.8 Å². The zero-order chi connectivity index (χ0) is 24.8. The minimum absolute atomic E-state index is 0.0414. The summed E-state index contributed by atoms with van der Waals surface area (Å²) in [4.78, 5) is 30.1. The average Bonchev–Trinajstić information content (AvgIpc) is 3.17. The number of nitrogens with zero attached hydrogens (tertiary/aromatic N) is 1. The number of Topliss-reactive ketones (excluding diaryl/α,β-unsaturated/α-hetero) is 1. The molecule has 0 amide bonds. The highest BCUT2D eigenvalue weighted by Gasteiger charge is 2.36. The van der Waals surface area contributed by atoms with Crippen LogP contribution in [-0.2, 0) is 14.3 Å². The Hall–Kier alpha value is -2.47. The van der Waals surface area contributed by atoms with Gasteiger partial charge in [-0.25, -0.2) is 4.98 Å². The summed E-state index contributed by atoms with van der Waals surface area (Å²) >= 11 is 0. The second-order valence-electron chi connectivity index (χ2n) is 9.96. The molecule has 2 heterocycles. The van der Waals surface area contributed by atoms with E-state index in [1.807, 2.05) is 52.8 Å². The Morgan fingerprint density at radius 2 is 1.94 bits per heavy atom. The van der Waals surface area contributed by atoms with Gasteiger partial charge in [-0.15, -0.1) is 0 Å². The number of hydrogen-bond acceptors (Lipinski definition) is 6. The van der Waals surface area contributed by atoms with Crippen LogP contribution >= 0.6 is 0 Å². The Bertz CT molecular complexity index is 921. The summed E-state index contributed by atoms with van der Waals surface area (Å²) < 4.78 is 11.1. The Kier molecular flexibility index (Phi) is 9.41. The number of ether oxygens (including phenoxy) is 1. The van der Waals surface area contributed by atoms with Crippen molar-refractivity contribution in [2.24, 2.45) is 17.3 Å². The van der Waals surface area contributed by atoms with Gasteiger partial charge in [-0.3, -0.25) is 9.59 Å². The molecule has 1 aliphatic heterocycles. The molecule has 0 radical (unpaired) electrons. The molecule has 182 valence electrons. The van der Waals surface area contributed by atoms with E-state index in [9.17, 15) is 14.7 Å². The first kappa shape index (κ1) is 26.8. The second kappa shape index (κ2) is 11.6. The third-order valence-corrected chi connectivity index (χ3v) is 6.44. The van der Waals surface area contributed by atoms with Gasteiger partial charge >= 0.3 is 5.97 Å². The van der Waals surface area contributed by atoms with Crippen molar-refractivity contribution in [3.8, 4) is 0 Å². The van der Waals surface area contributed by atoms with E-state index in [-0.39, 0.29) is 24.1 Å². The summed E-state index contributed by atoms with van der Waals surface area (Å²) in [5.41, 5.74) is 1.95. The van der Waals surface area contributed by atoms with Crippen molar-refractivity contribution in [1.29, 1.82) is 0 Å². The van der Waals surface area contributed by atoms with Gasteiger partial charge in [0.2, 0.25) is 0 Å². The molecule has 0 aliphatic carbocycles. The topological polar surface area (TPSA) is 89.6 Å². The molecular formula is C27H39NO5. The zero-order valence-corrected chi connectivity index (χ0v) is 21.1. The highest BCUT2D eigenvalue weighted by molar-refractivity contribution is 5.87. The second-order valence-corrected chi connectivity index (χ2v) is 9.96. The highest BCUT2D eigenvalue weighted by atomic mass is 16.5. The number of hydrogen-bond donors (Lipinski definition) is 1. The number of carbonyl (C=O) groups excluding carboxylic acids is 2. The number of aliphatic hydroxyl groups is 1. The third-order valence-electron chi connectivity index (χ3n) is 6.44. The summed E-state index contributed by atoms with van der Waals surface area (Å²) in [6, 6.07) is 0. The summed E-state index contributed by atoms with van der Waals surface area (Å²) in [6.45, 7) is 13.1. The predicted molar refractivity (Wildman–Crippen MR) is 129 cm³/mol. The molecule has 0 bridgehead atoms. The van der Waals surface area contributed by atoms with Gasteiger partial charge in [0, 0.05) is 37.0 Å². The van der Waals surface area contributed by atoms with E-state index in [0.717, 1.165) is 17.6 Å². The summed E-state index contributed by atoms with van der Waals surface area (Å²) in [5.74, 6) is -0.477. The van der Waals surface area contributed by atoms with E-state index >= 15 is 0 Å². The van der Waals surface area contributed by atoms with Crippen molar-refractivity contribution in [1.82, 2.24) is 4.98 Å². The molecule has 4 atom stereocenters. The van der Waals surface area contributed by atoms with Gasteiger partial charge in [-0.2, -0.15) is 0 Å². The fraction of sp³-hybridized carbons (Fsp3) is 0.593. The number of cyclic esters (lactones) is 1. The molecule has 6 heteroatoms. The van der Waals surface area contributed by atoms with E-state index in [1.165, 1.54) is 0 Å². The van der Waals surface area contributed by atoms with Gasteiger partial charge in [-0.05, 0) is 38.3 Å². The quantitative estimate of drug-likeness (QED) is 0.459. The SMILES string of the molecule is C/C1=C/CC(/C(C)=C/c2coc(C)n2)OC(=O)CCC(C)(C)C(=O)C(C)C(O)C(C)/C=C/C1. The van der Waals surface area contributed by atoms with Crippen LogP contribution in [0.5, 0.6) is 0 Å². The van der Waals surface area contributed by atoms with Crippen molar-refractivity contribution < 1.29 is 23.8 Å². The van der Waals surface area contributed by atoms with E-state index in [4.69, 9.17) is 9.15 Å². The average molecular weight is 458 g/mol. The number of aliphatic hydroxyl groups excluding tert-OH is 1. The lowest BCUT2D eigenvalue weighted by molar-refractivity contribution is -0.148. The number of carbonyl (C=O) groups is 2. The predicted octanol–water partition coefficient (Wildman–Crippen LogP) is 5.60. The molecule has 1 aliphatic rings. The maximum atomic E-state index is 13.1. The lowest BCUT2D eigenvalue weighted by Crippen LogP contribution is -2.38. The summed E-state index contributed by atoms with van der Waals surface area (Å²) in [6.07, 6.45) is 10.1. The smallest absolute Gasteiger partial charge is 0.306 e. The molecule has 4 unspecified atom stereocenters. The van der Waals surface area contributed by atoms with Crippen LogP contribution in [0.4, 0.5) is 0 Å². The Labute approximate surface area is 197 Å². The minimum atomic E-state index is -0.769. The van der Waals surface area contributed by atoms with Crippen molar-refractivity contribution in [3.05, 3.63) is 47.2 Å². The van der Waals surface area contributed by atoms with Crippen LogP contribution < -0.4 is 0 Å². The molecule has 0 saturated heterocycles. The number of esters is 1. The fourth-order valence-corrected chi connectivity index (χ4v) is 4.06. The molecule has 1 aromatic heterocycles. The van der Waals surface area contributed by atoms with E-state index in [1.54, 1.807) is 20.1 Å². The molecule has 0 aromatic carbocycles. The van der Waals surface area contributed by atoms with Crippen LogP contribution in [0.2, 0.25) is 0 Å².